The van der Waals surface area contributed by atoms with E-state index >= 15 is 0 Å². The normalized spacial score (nSPS) is 12.8. The lowest BCUT2D eigenvalue weighted by Gasteiger charge is -2.14. The van der Waals surface area contributed by atoms with Gasteiger partial charge >= 0.3 is 0 Å². The number of para-hydroxylation sites is 1. The summed E-state index contributed by atoms with van der Waals surface area (Å²) in [5.41, 5.74) is 3.69. The summed E-state index contributed by atoms with van der Waals surface area (Å²) in [5, 5.41) is 0.881. The van der Waals surface area contributed by atoms with E-state index in [1.54, 1.807) is 0 Å². The molecule has 1 unspecified atom stereocenters. The minimum Gasteiger partial charge on any atom is -0.292 e. The van der Waals surface area contributed by atoms with Crippen molar-refractivity contribution in [2.24, 2.45) is 0 Å². The Morgan fingerprint density at radius 1 is 1.10 bits per heavy atom. The van der Waals surface area contributed by atoms with Crippen LogP contribution in [0.3, 0.4) is 0 Å². The van der Waals surface area contributed by atoms with E-state index in [4.69, 9.17) is 34.8 Å². The van der Waals surface area contributed by atoms with Crippen molar-refractivity contribution < 1.29 is 0 Å². The number of hydrogen-bond donors (Lipinski definition) is 0. The number of aromatic nitrogens is 2. The number of aryl methyl sites for hydroxylation is 1. The van der Waals surface area contributed by atoms with Crippen LogP contribution in [-0.2, 0) is 0 Å². The van der Waals surface area contributed by atoms with Gasteiger partial charge in [-0.1, -0.05) is 35.3 Å². The fourth-order valence-corrected chi connectivity index (χ4v) is 3.13. The SMILES string of the molecule is Cc1ccc2c(c1)nc(C(C)Cl)n2-c1c(Cl)cccc1Cl. The molecular formula is C16H13Cl3N2. The predicted octanol–water partition coefficient (Wildman–Crippen LogP) is 5.94. The fourth-order valence-electron chi connectivity index (χ4n) is 2.41. The van der Waals surface area contributed by atoms with Crippen LogP contribution in [0.15, 0.2) is 36.4 Å². The molecule has 1 aromatic heterocycles. The lowest BCUT2D eigenvalue weighted by molar-refractivity contribution is 0.883. The van der Waals surface area contributed by atoms with Gasteiger partial charge in [0.05, 0.1) is 32.1 Å². The Labute approximate surface area is 138 Å². The first kappa shape index (κ1) is 14.7. The molecule has 0 radical (unpaired) electrons. The predicted molar refractivity (Wildman–Crippen MR) is 90.1 cm³/mol. The van der Waals surface area contributed by atoms with Crippen LogP contribution >= 0.6 is 34.8 Å². The van der Waals surface area contributed by atoms with Gasteiger partial charge in [0.25, 0.3) is 0 Å². The van der Waals surface area contributed by atoms with Gasteiger partial charge < -0.3 is 0 Å². The van der Waals surface area contributed by atoms with E-state index in [9.17, 15) is 0 Å². The summed E-state index contributed by atoms with van der Waals surface area (Å²) in [5.74, 6) is 0.729. The van der Waals surface area contributed by atoms with Gasteiger partial charge in [0, 0.05) is 0 Å². The molecule has 3 aromatic rings. The number of rotatable bonds is 2. The quantitative estimate of drug-likeness (QED) is 0.528. The molecule has 0 aliphatic carbocycles. The molecule has 2 aromatic carbocycles. The zero-order chi connectivity index (χ0) is 15.1. The molecule has 0 saturated carbocycles. The molecule has 0 N–H and O–H groups in total. The lowest BCUT2D eigenvalue weighted by atomic mass is 10.2. The summed E-state index contributed by atoms with van der Waals surface area (Å²) in [7, 11) is 0. The molecule has 0 amide bonds. The highest BCUT2D eigenvalue weighted by molar-refractivity contribution is 6.38. The number of halogens is 3. The van der Waals surface area contributed by atoms with E-state index in [0.29, 0.717) is 10.0 Å². The second kappa shape index (κ2) is 5.53. The Hall–Kier alpha value is -1.22. The minimum absolute atomic E-state index is 0.259. The smallest absolute Gasteiger partial charge is 0.132 e. The Balaban J connectivity index is 2.42. The topological polar surface area (TPSA) is 17.8 Å². The number of benzene rings is 2. The third kappa shape index (κ3) is 2.52. The molecular weight excluding hydrogens is 327 g/mol. The van der Waals surface area contributed by atoms with Crippen molar-refractivity contribution >= 4 is 45.8 Å². The molecule has 0 spiro atoms. The Kier molecular flexibility index (Phi) is 3.87. The van der Waals surface area contributed by atoms with Crippen LogP contribution in [0.25, 0.3) is 16.7 Å². The van der Waals surface area contributed by atoms with Gasteiger partial charge in [-0.3, -0.25) is 4.57 Å². The summed E-state index contributed by atoms with van der Waals surface area (Å²) in [6.07, 6.45) is 0. The molecule has 1 atom stereocenters. The number of alkyl halides is 1. The van der Waals surface area contributed by atoms with Crippen molar-refractivity contribution in [3.8, 4) is 5.69 Å². The molecule has 1 heterocycles. The van der Waals surface area contributed by atoms with E-state index in [-0.39, 0.29) is 5.38 Å². The lowest BCUT2D eigenvalue weighted by Crippen LogP contribution is -2.03. The molecule has 108 valence electrons. The van der Waals surface area contributed by atoms with E-state index in [1.165, 1.54) is 0 Å². The summed E-state index contributed by atoms with van der Waals surface area (Å²) < 4.78 is 1.94. The van der Waals surface area contributed by atoms with Crippen LogP contribution in [0.5, 0.6) is 0 Å². The van der Waals surface area contributed by atoms with Gasteiger partial charge in [-0.05, 0) is 43.7 Å². The van der Waals surface area contributed by atoms with Gasteiger partial charge in [0.15, 0.2) is 0 Å². The molecule has 0 bridgehead atoms. The van der Waals surface area contributed by atoms with Crippen molar-refractivity contribution in [3.63, 3.8) is 0 Å². The maximum atomic E-state index is 6.35. The van der Waals surface area contributed by atoms with Crippen molar-refractivity contribution in [3.05, 3.63) is 57.8 Å². The molecule has 0 aliphatic heterocycles. The largest absolute Gasteiger partial charge is 0.292 e. The Morgan fingerprint density at radius 3 is 2.38 bits per heavy atom. The average Bonchev–Trinajstić information content (AvgIpc) is 2.77. The molecule has 0 aliphatic rings. The standard InChI is InChI=1S/C16H13Cl3N2/c1-9-6-7-14-13(8-9)20-16(10(2)17)21(14)15-11(18)4-3-5-12(15)19/h3-8,10H,1-2H3. The van der Waals surface area contributed by atoms with E-state index < -0.39 is 0 Å². The highest BCUT2D eigenvalue weighted by atomic mass is 35.5. The van der Waals surface area contributed by atoms with Gasteiger partial charge in [0.2, 0.25) is 0 Å². The van der Waals surface area contributed by atoms with Gasteiger partial charge in [-0.15, -0.1) is 11.6 Å². The average molecular weight is 340 g/mol. The van der Waals surface area contributed by atoms with Crippen molar-refractivity contribution in [2.45, 2.75) is 19.2 Å². The maximum Gasteiger partial charge on any atom is 0.132 e. The third-order valence-corrected chi connectivity index (χ3v) is 4.16. The van der Waals surface area contributed by atoms with Gasteiger partial charge in [-0.2, -0.15) is 0 Å². The second-order valence-corrected chi connectivity index (χ2v) is 6.45. The summed E-state index contributed by atoms with van der Waals surface area (Å²) in [6, 6.07) is 11.5. The maximum absolute atomic E-state index is 6.35. The zero-order valence-electron chi connectivity index (χ0n) is 11.6. The van der Waals surface area contributed by atoms with Crippen LogP contribution in [0.1, 0.15) is 23.7 Å². The second-order valence-electron chi connectivity index (χ2n) is 4.98. The molecule has 2 nitrogen and oxygen atoms in total. The monoisotopic (exact) mass is 338 g/mol. The van der Waals surface area contributed by atoms with E-state index in [2.05, 4.69) is 4.98 Å². The van der Waals surface area contributed by atoms with Crippen molar-refractivity contribution in [1.29, 1.82) is 0 Å². The van der Waals surface area contributed by atoms with Crippen molar-refractivity contribution in [1.82, 2.24) is 9.55 Å². The highest BCUT2D eigenvalue weighted by Gasteiger charge is 2.19. The summed E-state index contributed by atoms with van der Waals surface area (Å²) >= 11 is 19.0. The first-order chi connectivity index (χ1) is 9.99. The van der Waals surface area contributed by atoms with Crippen molar-refractivity contribution in [2.75, 3.05) is 0 Å². The summed E-state index contributed by atoms with van der Waals surface area (Å²) in [4.78, 5) is 4.65. The first-order valence-corrected chi connectivity index (χ1v) is 7.75. The fraction of sp³-hybridized carbons (Fsp3) is 0.188. The number of hydrogen-bond acceptors (Lipinski definition) is 1. The Bertz CT molecular complexity index is 801. The molecule has 5 heteroatoms. The van der Waals surface area contributed by atoms with Crippen LogP contribution in [0.2, 0.25) is 10.0 Å². The van der Waals surface area contributed by atoms with Crippen LogP contribution < -0.4 is 0 Å². The summed E-state index contributed by atoms with van der Waals surface area (Å²) in [6.45, 7) is 3.92. The first-order valence-electron chi connectivity index (χ1n) is 6.56. The van der Waals surface area contributed by atoms with E-state index in [1.807, 2.05) is 54.8 Å². The third-order valence-electron chi connectivity index (χ3n) is 3.35. The zero-order valence-corrected chi connectivity index (χ0v) is 13.8. The van der Waals surface area contributed by atoms with Gasteiger partial charge in [0.1, 0.15) is 5.82 Å². The molecule has 3 rings (SSSR count). The number of nitrogens with zero attached hydrogens (tertiary/aromatic N) is 2. The van der Waals surface area contributed by atoms with Gasteiger partial charge in [-0.25, -0.2) is 4.98 Å². The Morgan fingerprint density at radius 2 is 1.76 bits per heavy atom. The highest BCUT2D eigenvalue weighted by Crippen LogP contribution is 2.35. The molecule has 0 fully saturated rings. The minimum atomic E-state index is -0.259. The van der Waals surface area contributed by atoms with Crippen LogP contribution in [0, 0.1) is 6.92 Å². The molecule has 21 heavy (non-hydrogen) atoms. The van der Waals surface area contributed by atoms with Crippen LogP contribution in [-0.4, -0.2) is 9.55 Å². The van der Waals surface area contributed by atoms with E-state index in [0.717, 1.165) is 28.1 Å². The number of fused-ring (bicyclic) bond motifs is 1. The molecule has 0 saturated heterocycles. The number of imidazole rings is 1. The van der Waals surface area contributed by atoms with Crippen LogP contribution in [0.4, 0.5) is 0 Å².